The summed E-state index contributed by atoms with van der Waals surface area (Å²) in [5.41, 5.74) is 5.61. The number of aromatic amines is 1. The van der Waals surface area contributed by atoms with E-state index in [0.717, 1.165) is 22.4 Å². The van der Waals surface area contributed by atoms with Crippen molar-refractivity contribution in [2.75, 3.05) is 5.32 Å². The zero-order valence-electron chi connectivity index (χ0n) is 11.7. The molecular formula is C17H15N3O. The third-order valence-corrected chi connectivity index (χ3v) is 4.12. The average molecular weight is 277 g/mol. The van der Waals surface area contributed by atoms with E-state index in [1.165, 1.54) is 5.56 Å². The number of rotatable bonds is 2. The van der Waals surface area contributed by atoms with Crippen molar-refractivity contribution in [3.8, 4) is 0 Å². The Kier molecular flexibility index (Phi) is 2.57. The second-order valence-electron chi connectivity index (χ2n) is 5.56. The van der Waals surface area contributed by atoms with Gasteiger partial charge < -0.3 is 5.32 Å². The van der Waals surface area contributed by atoms with Crippen LogP contribution < -0.4 is 5.32 Å². The molecule has 0 bridgehead atoms. The van der Waals surface area contributed by atoms with E-state index in [9.17, 15) is 4.79 Å². The van der Waals surface area contributed by atoms with Crippen LogP contribution in [0.2, 0.25) is 0 Å². The van der Waals surface area contributed by atoms with Crippen LogP contribution in [-0.4, -0.2) is 16.1 Å². The molecule has 4 nitrogen and oxygen atoms in total. The second kappa shape index (κ2) is 4.45. The van der Waals surface area contributed by atoms with Crippen LogP contribution in [0, 0.1) is 6.92 Å². The number of fused-ring (bicyclic) bond motifs is 1. The van der Waals surface area contributed by atoms with Gasteiger partial charge in [0, 0.05) is 17.9 Å². The summed E-state index contributed by atoms with van der Waals surface area (Å²) < 4.78 is 0. The van der Waals surface area contributed by atoms with Gasteiger partial charge in [0.1, 0.15) is 0 Å². The summed E-state index contributed by atoms with van der Waals surface area (Å²) in [7, 11) is 0. The molecule has 104 valence electrons. The highest BCUT2D eigenvalue weighted by molar-refractivity contribution is 5.96. The molecule has 1 amide bonds. The van der Waals surface area contributed by atoms with Crippen molar-refractivity contribution in [2.24, 2.45) is 0 Å². The van der Waals surface area contributed by atoms with Crippen molar-refractivity contribution >= 4 is 17.3 Å². The molecule has 4 rings (SSSR count). The number of nitrogens with one attached hydrogen (secondary N) is 2. The molecule has 4 heteroatoms. The molecule has 0 saturated heterocycles. The van der Waals surface area contributed by atoms with Crippen molar-refractivity contribution in [1.29, 1.82) is 0 Å². The first-order valence-corrected chi connectivity index (χ1v) is 7.06. The Bertz CT molecular complexity index is 781. The molecule has 2 heterocycles. The molecule has 2 N–H and O–H groups in total. The van der Waals surface area contributed by atoms with Crippen LogP contribution in [0.5, 0.6) is 0 Å². The molecule has 0 fully saturated rings. The third-order valence-electron chi connectivity index (χ3n) is 4.12. The number of anilines is 1. The fourth-order valence-electron chi connectivity index (χ4n) is 2.92. The summed E-state index contributed by atoms with van der Waals surface area (Å²) >= 11 is 0. The molecule has 2 aliphatic rings. The van der Waals surface area contributed by atoms with Gasteiger partial charge in [-0.1, -0.05) is 48.1 Å². The number of aromatic nitrogens is 2. The highest BCUT2D eigenvalue weighted by atomic mass is 16.1. The lowest BCUT2D eigenvalue weighted by atomic mass is 9.83. The molecule has 21 heavy (non-hydrogen) atoms. The first kappa shape index (κ1) is 12.1. The summed E-state index contributed by atoms with van der Waals surface area (Å²) in [5, 5.41) is 10.2. The van der Waals surface area contributed by atoms with E-state index >= 15 is 0 Å². The number of amides is 1. The molecule has 1 unspecified atom stereocenters. The number of benzene rings is 1. The molecule has 1 atom stereocenters. The first-order chi connectivity index (χ1) is 10.2. The zero-order valence-corrected chi connectivity index (χ0v) is 11.7. The van der Waals surface area contributed by atoms with Gasteiger partial charge in [-0.3, -0.25) is 9.89 Å². The minimum Gasteiger partial charge on any atom is -0.309 e. The fourth-order valence-corrected chi connectivity index (χ4v) is 2.92. The lowest BCUT2D eigenvalue weighted by Gasteiger charge is -2.24. The minimum atomic E-state index is 0.0178. The lowest BCUT2D eigenvalue weighted by Crippen LogP contribution is -2.23. The molecule has 0 spiro atoms. The maximum atomic E-state index is 11.9. The van der Waals surface area contributed by atoms with E-state index in [1.54, 1.807) is 0 Å². The molecule has 1 aliphatic carbocycles. The van der Waals surface area contributed by atoms with E-state index in [4.69, 9.17) is 0 Å². The zero-order chi connectivity index (χ0) is 14.4. The van der Waals surface area contributed by atoms with E-state index in [-0.39, 0.29) is 11.8 Å². The number of allylic oxidation sites excluding steroid dienone is 4. The van der Waals surface area contributed by atoms with Gasteiger partial charge in [-0.05, 0) is 18.1 Å². The van der Waals surface area contributed by atoms with E-state index in [1.807, 2.05) is 6.08 Å². The number of nitrogens with zero attached hydrogens (tertiary/aromatic N) is 1. The van der Waals surface area contributed by atoms with Crippen LogP contribution in [0.3, 0.4) is 0 Å². The van der Waals surface area contributed by atoms with E-state index in [2.05, 4.69) is 58.9 Å². The Labute approximate surface area is 122 Å². The van der Waals surface area contributed by atoms with Crippen LogP contribution in [0.1, 0.15) is 34.7 Å². The number of hydrogen-bond acceptors (Lipinski definition) is 2. The predicted molar refractivity (Wildman–Crippen MR) is 82.0 cm³/mol. The number of H-pyrrole nitrogens is 1. The van der Waals surface area contributed by atoms with Crippen molar-refractivity contribution < 1.29 is 4.79 Å². The van der Waals surface area contributed by atoms with Gasteiger partial charge in [0.25, 0.3) is 0 Å². The summed E-state index contributed by atoms with van der Waals surface area (Å²) in [5.74, 6) is 0.732. The van der Waals surface area contributed by atoms with Gasteiger partial charge in [0.15, 0.2) is 5.82 Å². The van der Waals surface area contributed by atoms with Crippen LogP contribution in [0.4, 0.5) is 5.82 Å². The summed E-state index contributed by atoms with van der Waals surface area (Å²) in [6.45, 7) is 2.07. The molecule has 1 aromatic heterocycles. The predicted octanol–water partition coefficient (Wildman–Crippen LogP) is 3.15. The Hall–Kier alpha value is -2.62. The second-order valence-corrected chi connectivity index (χ2v) is 5.56. The number of hydrogen-bond donors (Lipinski definition) is 2. The monoisotopic (exact) mass is 277 g/mol. The smallest absolute Gasteiger partial charge is 0.226 e. The molecule has 2 aromatic rings. The van der Waals surface area contributed by atoms with Crippen molar-refractivity contribution in [3.63, 3.8) is 0 Å². The highest BCUT2D eigenvalue weighted by Gasteiger charge is 2.32. The summed E-state index contributed by atoms with van der Waals surface area (Å²) in [4.78, 5) is 11.9. The molecule has 1 aromatic carbocycles. The van der Waals surface area contributed by atoms with Crippen molar-refractivity contribution in [3.05, 3.63) is 64.9 Å². The van der Waals surface area contributed by atoms with Crippen LogP contribution in [-0.2, 0) is 4.79 Å². The Morgan fingerprint density at radius 3 is 2.67 bits per heavy atom. The first-order valence-electron chi connectivity index (χ1n) is 7.06. The van der Waals surface area contributed by atoms with Gasteiger partial charge in [0.2, 0.25) is 5.91 Å². The normalized spacial score (nSPS) is 19.6. The average Bonchev–Trinajstić information content (AvgIpc) is 2.80. The minimum absolute atomic E-state index is 0.0178. The van der Waals surface area contributed by atoms with E-state index < -0.39 is 0 Å². The quantitative estimate of drug-likeness (QED) is 0.886. The van der Waals surface area contributed by atoms with Crippen molar-refractivity contribution in [1.82, 2.24) is 10.2 Å². The van der Waals surface area contributed by atoms with Crippen LogP contribution in [0.25, 0.3) is 5.57 Å². The fraction of sp³-hybridized carbons (Fsp3) is 0.176. The topological polar surface area (TPSA) is 57.8 Å². The van der Waals surface area contributed by atoms with Gasteiger partial charge in [-0.2, -0.15) is 5.10 Å². The maximum absolute atomic E-state index is 11.9. The van der Waals surface area contributed by atoms with Gasteiger partial charge >= 0.3 is 0 Å². The Morgan fingerprint density at radius 2 is 2.00 bits per heavy atom. The molecule has 0 saturated carbocycles. The Balaban J connectivity index is 1.84. The van der Waals surface area contributed by atoms with Crippen LogP contribution in [0.15, 0.2) is 42.5 Å². The molecular weight excluding hydrogens is 262 g/mol. The standard InChI is InChI=1S/C17H15N3O/c1-10-5-7-11(8-6-10)13-9-14(21)18-17-15(13)16(19-20-17)12-3-2-4-12/h2-8,13H,9H2,1H3,(H2,18,19,20,21). The van der Waals surface area contributed by atoms with Gasteiger partial charge in [-0.25, -0.2) is 0 Å². The Morgan fingerprint density at radius 1 is 1.24 bits per heavy atom. The molecule has 0 radical (unpaired) electrons. The van der Waals surface area contributed by atoms with Crippen molar-refractivity contribution in [2.45, 2.75) is 19.3 Å². The SMILES string of the molecule is Cc1ccc(C2CC(=O)Nc3n[nH]c(C4=CC=C4)c32)cc1. The summed E-state index contributed by atoms with van der Waals surface area (Å²) in [6, 6.07) is 8.38. The molecule has 1 aliphatic heterocycles. The highest BCUT2D eigenvalue weighted by Crippen LogP contribution is 2.41. The largest absolute Gasteiger partial charge is 0.309 e. The van der Waals surface area contributed by atoms with Crippen LogP contribution >= 0.6 is 0 Å². The number of aryl methyl sites for hydroxylation is 1. The number of carbonyl (C=O) groups excluding carboxylic acids is 1. The lowest BCUT2D eigenvalue weighted by molar-refractivity contribution is -0.116. The summed E-state index contributed by atoms with van der Waals surface area (Å²) in [6.07, 6.45) is 6.57. The maximum Gasteiger partial charge on any atom is 0.226 e. The van der Waals surface area contributed by atoms with Gasteiger partial charge in [0.05, 0.1) is 5.69 Å². The number of carbonyl (C=O) groups is 1. The van der Waals surface area contributed by atoms with Gasteiger partial charge in [-0.15, -0.1) is 0 Å². The third kappa shape index (κ3) is 1.91. The van der Waals surface area contributed by atoms with E-state index in [0.29, 0.717) is 12.2 Å².